The third kappa shape index (κ3) is 4.39. The third-order valence-electron chi connectivity index (χ3n) is 3.57. The Bertz CT molecular complexity index is 662. The molecular weight excluding hydrogens is 310 g/mol. The van der Waals surface area contributed by atoms with Crippen LogP contribution in [-0.2, 0) is 0 Å². The summed E-state index contributed by atoms with van der Waals surface area (Å²) in [7, 11) is 4.61. The first-order chi connectivity index (χ1) is 11.6. The maximum Gasteiger partial charge on any atom is 0.251 e. The summed E-state index contributed by atoms with van der Waals surface area (Å²) < 4.78 is 15.4. The highest BCUT2D eigenvalue weighted by Crippen LogP contribution is 2.22. The second-order valence-electron chi connectivity index (χ2n) is 5.10. The summed E-state index contributed by atoms with van der Waals surface area (Å²) in [4.78, 5) is 12.3. The first kappa shape index (κ1) is 17.6. The Labute approximate surface area is 141 Å². The molecule has 6 nitrogen and oxygen atoms in total. The van der Waals surface area contributed by atoms with Crippen molar-refractivity contribution in [1.29, 1.82) is 0 Å². The highest BCUT2D eigenvalue weighted by atomic mass is 16.5. The van der Waals surface area contributed by atoms with E-state index >= 15 is 0 Å². The molecule has 0 aliphatic carbocycles. The molecule has 0 aliphatic rings. The molecule has 6 heteroatoms. The smallest absolute Gasteiger partial charge is 0.251 e. The van der Waals surface area contributed by atoms with Crippen molar-refractivity contribution in [2.75, 3.05) is 27.9 Å². The summed E-state index contributed by atoms with van der Waals surface area (Å²) >= 11 is 0. The van der Waals surface area contributed by atoms with Crippen molar-refractivity contribution < 1.29 is 24.1 Å². The lowest BCUT2D eigenvalue weighted by Gasteiger charge is -2.13. The quantitative estimate of drug-likeness (QED) is 0.813. The molecule has 2 rings (SSSR count). The molecule has 0 fully saturated rings. The number of aliphatic hydroxyl groups excluding tert-OH is 1. The maximum atomic E-state index is 12.3. The van der Waals surface area contributed by atoms with E-state index in [0.29, 0.717) is 28.4 Å². The molecule has 0 heterocycles. The standard InChI is InChI=1S/C18H21NO5/c1-22-14-6-4-12(5-7-14)17(20)11-19-18(21)13-8-15(23-2)10-16(9-13)24-3/h4-10,17,20H,11H2,1-3H3,(H,19,21). The average molecular weight is 331 g/mol. The van der Waals surface area contributed by atoms with Gasteiger partial charge in [0.05, 0.1) is 27.4 Å². The van der Waals surface area contributed by atoms with Gasteiger partial charge in [0, 0.05) is 18.2 Å². The van der Waals surface area contributed by atoms with Crippen LogP contribution in [0.3, 0.4) is 0 Å². The fraction of sp³-hybridized carbons (Fsp3) is 0.278. The minimum absolute atomic E-state index is 0.0880. The number of nitrogens with one attached hydrogen (secondary N) is 1. The van der Waals surface area contributed by atoms with Crippen LogP contribution in [0.5, 0.6) is 17.2 Å². The number of hydrogen-bond donors (Lipinski definition) is 2. The van der Waals surface area contributed by atoms with E-state index in [2.05, 4.69) is 5.32 Å². The monoisotopic (exact) mass is 331 g/mol. The molecule has 0 radical (unpaired) electrons. The van der Waals surface area contributed by atoms with Gasteiger partial charge in [0.25, 0.3) is 5.91 Å². The molecule has 0 bridgehead atoms. The van der Waals surface area contributed by atoms with E-state index in [1.807, 2.05) is 0 Å². The zero-order valence-electron chi connectivity index (χ0n) is 13.9. The van der Waals surface area contributed by atoms with Gasteiger partial charge < -0.3 is 24.6 Å². The van der Waals surface area contributed by atoms with Crippen LogP contribution in [0.15, 0.2) is 42.5 Å². The summed E-state index contributed by atoms with van der Waals surface area (Å²) in [6.45, 7) is 0.0880. The van der Waals surface area contributed by atoms with Crippen LogP contribution >= 0.6 is 0 Å². The summed E-state index contributed by atoms with van der Waals surface area (Å²) in [5, 5.41) is 12.9. The highest BCUT2D eigenvalue weighted by Gasteiger charge is 2.13. The van der Waals surface area contributed by atoms with Crippen molar-refractivity contribution in [3.05, 3.63) is 53.6 Å². The molecule has 128 valence electrons. The van der Waals surface area contributed by atoms with E-state index < -0.39 is 6.10 Å². The van der Waals surface area contributed by atoms with Gasteiger partial charge in [-0.25, -0.2) is 0 Å². The van der Waals surface area contributed by atoms with Crippen molar-refractivity contribution in [3.63, 3.8) is 0 Å². The molecule has 0 aliphatic heterocycles. The zero-order valence-corrected chi connectivity index (χ0v) is 13.9. The van der Waals surface area contributed by atoms with Crippen LogP contribution < -0.4 is 19.5 Å². The van der Waals surface area contributed by atoms with Crippen LogP contribution in [0.1, 0.15) is 22.0 Å². The molecule has 24 heavy (non-hydrogen) atoms. The molecule has 0 spiro atoms. The van der Waals surface area contributed by atoms with Crippen LogP contribution in [0.4, 0.5) is 0 Å². The Morgan fingerprint density at radius 1 is 0.958 bits per heavy atom. The number of carbonyl (C=O) groups excluding carboxylic acids is 1. The van der Waals surface area contributed by atoms with E-state index in [1.165, 1.54) is 14.2 Å². The number of benzene rings is 2. The molecule has 2 N–H and O–H groups in total. The SMILES string of the molecule is COc1ccc(C(O)CNC(=O)c2cc(OC)cc(OC)c2)cc1. The van der Waals surface area contributed by atoms with Crippen LogP contribution in [0, 0.1) is 0 Å². The van der Waals surface area contributed by atoms with Crippen LogP contribution in [0.2, 0.25) is 0 Å². The van der Waals surface area contributed by atoms with Gasteiger partial charge in [-0.15, -0.1) is 0 Å². The zero-order chi connectivity index (χ0) is 17.5. The predicted molar refractivity (Wildman–Crippen MR) is 89.8 cm³/mol. The van der Waals surface area contributed by atoms with Gasteiger partial charge in [0.15, 0.2) is 0 Å². The second-order valence-corrected chi connectivity index (χ2v) is 5.10. The topological polar surface area (TPSA) is 77.0 Å². The normalized spacial score (nSPS) is 11.5. The molecule has 2 aromatic rings. The van der Waals surface area contributed by atoms with Gasteiger partial charge in [-0.2, -0.15) is 0 Å². The largest absolute Gasteiger partial charge is 0.497 e. The van der Waals surface area contributed by atoms with Gasteiger partial charge in [0.1, 0.15) is 17.2 Å². The van der Waals surface area contributed by atoms with Crippen molar-refractivity contribution in [1.82, 2.24) is 5.32 Å². The number of rotatable bonds is 7. The van der Waals surface area contributed by atoms with E-state index in [9.17, 15) is 9.90 Å². The highest BCUT2D eigenvalue weighted by molar-refractivity contribution is 5.95. The van der Waals surface area contributed by atoms with Crippen LogP contribution in [0.25, 0.3) is 0 Å². The lowest BCUT2D eigenvalue weighted by molar-refractivity contribution is 0.0915. The van der Waals surface area contributed by atoms with Crippen molar-refractivity contribution in [3.8, 4) is 17.2 Å². The lowest BCUT2D eigenvalue weighted by atomic mass is 10.1. The van der Waals surface area contributed by atoms with Crippen molar-refractivity contribution >= 4 is 5.91 Å². The minimum Gasteiger partial charge on any atom is -0.497 e. The summed E-state index contributed by atoms with van der Waals surface area (Å²) in [5.74, 6) is 1.43. The Hall–Kier alpha value is -2.73. The third-order valence-corrected chi connectivity index (χ3v) is 3.57. The summed E-state index contributed by atoms with van der Waals surface area (Å²) in [5.41, 5.74) is 1.09. The summed E-state index contributed by atoms with van der Waals surface area (Å²) in [6.07, 6.45) is -0.813. The number of amides is 1. The Balaban J connectivity index is 2.01. The molecule has 1 unspecified atom stereocenters. The second kappa shape index (κ2) is 8.21. The number of carbonyl (C=O) groups is 1. The molecule has 0 saturated heterocycles. The number of aliphatic hydroxyl groups is 1. The van der Waals surface area contributed by atoms with Crippen molar-refractivity contribution in [2.24, 2.45) is 0 Å². The van der Waals surface area contributed by atoms with E-state index in [0.717, 1.165) is 0 Å². The van der Waals surface area contributed by atoms with Gasteiger partial charge >= 0.3 is 0 Å². The number of ether oxygens (including phenoxy) is 3. The Morgan fingerprint density at radius 3 is 2.00 bits per heavy atom. The van der Waals surface area contributed by atoms with Gasteiger partial charge in [-0.3, -0.25) is 4.79 Å². The maximum absolute atomic E-state index is 12.3. The number of hydrogen-bond acceptors (Lipinski definition) is 5. The van der Waals surface area contributed by atoms with Crippen LogP contribution in [-0.4, -0.2) is 38.9 Å². The predicted octanol–water partition coefficient (Wildman–Crippen LogP) is 2.18. The van der Waals surface area contributed by atoms with Gasteiger partial charge in [-0.1, -0.05) is 12.1 Å². The molecular formula is C18H21NO5. The first-order valence-corrected chi connectivity index (χ1v) is 7.40. The van der Waals surface area contributed by atoms with E-state index in [1.54, 1.807) is 49.6 Å². The minimum atomic E-state index is -0.813. The molecule has 1 amide bonds. The molecule has 2 aromatic carbocycles. The molecule has 0 aromatic heterocycles. The van der Waals surface area contributed by atoms with E-state index in [4.69, 9.17) is 14.2 Å². The fourth-order valence-electron chi connectivity index (χ4n) is 2.17. The average Bonchev–Trinajstić information content (AvgIpc) is 2.65. The van der Waals surface area contributed by atoms with Gasteiger partial charge in [-0.05, 0) is 29.8 Å². The Morgan fingerprint density at radius 2 is 1.50 bits per heavy atom. The summed E-state index contributed by atoms with van der Waals surface area (Å²) in [6, 6.07) is 11.9. The van der Waals surface area contributed by atoms with E-state index in [-0.39, 0.29) is 12.5 Å². The van der Waals surface area contributed by atoms with Gasteiger partial charge in [0.2, 0.25) is 0 Å². The number of methoxy groups -OCH3 is 3. The molecule has 1 atom stereocenters. The van der Waals surface area contributed by atoms with Crippen molar-refractivity contribution in [2.45, 2.75) is 6.10 Å². The fourth-order valence-corrected chi connectivity index (χ4v) is 2.17. The Kier molecular flexibility index (Phi) is 6.03. The first-order valence-electron chi connectivity index (χ1n) is 7.40. The lowest BCUT2D eigenvalue weighted by Crippen LogP contribution is -2.28. The molecule has 0 saturated carbocycles.